The lowest BCUT2D eigenvalue weighted by molar-refractivity contribution is -0.167. The normalized spacial score (nSPS) is 12.9. The predicted octanol–water partition coefficient (Wildman–Crippen LogP) is 21.2. The van der Waals surface area contributed by atoms with Gasteiger partial charge in [0.15, 0.2) is 6.10 Å². The summed E-state index contributed by atoms with van der Waals surface area (Å²) in [7, 11) is 0. The summed E-state index contributed by atoms with van der Waals surface area (Å²) in [5.41, 5.74) is 0. The van der Waals surface area contributed by atoms with Crippen molar-refractivity contribution >= 4 is 17.9 Å². The van der Waals surface area contributed by atoms with Gasteiger partial charge in [0.1, 0.15) is 13.2 Å². The fraction of sp³-hybridized carbons (Fsp3) is 0.667. The first-order valence-corrected chi connectivity index (χ1v) is 31.0. The van der Waals surface area contributed by atoms with Crippen LogP contribution >= 0.6 is 0 Å². The summed E-state index contributed by atoms with van der Waals surface area (Å²) in [5, 5.41) is 0. The minimum atomic E-state index is -0.790. The molecular formula is C69H114O6. The van der Waals surface area contributed by atoms with E-state index in [1.165, 1.54) is 103 Å². The summed E-state index contributed by atoms with van der Waals surface area (Å²) in [4.78, 5) is 37.9. The third kappa shape index (κ3) is 60.6. The molecule has 0 N–H and O–H groups in total. The lowest BCUT2D eigenvalue weighted by atomic mass is 10.0. The topological polar surface area (TPSA) is 78.9 Å². The minimum absolute atomic E-state index is 0.0894. The Morgan fingerprint density at radius 2 is 0.520 bits per heavy atom. The van der Waals surface area contributed by atoms with Crippen molar-refractivity contribution in [2.75, 3.05) is 13.2 Å². The number of rotatable bonds is 55. The standard InChI is InChI=1S/C69H114O6/c1-4-7-10-13-15-17-19-21-23-25-27-29-31-32-33-34-35-36-38-39-41-43-45-47-49-51-53-56-59-62-68(71)74-65-66(64-73-67(70)61-58-55-12-9-6-3)75-69(72)63-60-57-54-52-50-48-46-44-42-40-37-30-28-26-24-22-20-18-16-14-11-8-5-2/h7,10,15,17,20-23,26-29,32-33,35-36,39,41,45,47,66H,4-6,8-9,11-14,16,18-19,24-25,30-31,34,37-38,40,42-44,46,48-65H2,1-3H3/b10-7-,17-15-,22-20-,23-21-,28-26-,29-27-,33-32-,36-35-,41-39-,47-45-. The van der Waals surface area contributed by atoms with Gasteiger partial charge < -0.3 is 14.2 Å². The first kappa shape index (κ1) is 70.8. The Hall–Kier alpha value is -4.19. The van der Waals surface area contributed by atoms with Crippen molar-refractivity contribution in [3.05, 3.63) is 122 Å². The number of carbonyl (C=O) groups excluding carboxylic acids is 3. The van der Waals surface area contributed by atoms with Crippen LogP contribution in [0.1, 0.15) is 278 Å². The summed E-state index contributed by atoms with van der Waals surface area (Å²) in [6.07, 6.45) is 86.7. The van der Waals surface area contributed by atoms with E-state index in [4.69, 9.17) is 14.2 Å². The molecule has 0 aromatic carbocycles. The SMILES string of the molecule is CC/C=C\C/C=C\C/C=C\C/C=C\C/C=C\C/C=C\C/C=C\C/C=C\CCCCCCC(=O)OCC(COC(=O)CCCCCCC)OC(=O)CCCCCCCCCCCCC/C=C\C/C=C\CCCCCCC. The Balaban J connectivity index is 4.15. The van der Waals surface area contributed by atoms with Gasteiger partial charge in [-0.2, -0.15) is 0 Å². The maximum Gasteiger partial charge on any atom is 0.306 e. The van der Waals surface area contributed by atoms with E-state index in [0.29, 0.717) is 19.3 Å². The number of ether oxygens (including phenoxy) is 3. The second kappa shape index (κ2) is 62.4. The van der Waals surface area contributed by atoms with E-state index in [0.717, 1.165) is 135 Å². The van der Waals surface area contributed by atoms with Gasteiger partial charge >= 0.3 is 17.9 Å². The van der Waals surface area contributed by atoms with Gasteiger partial charge in [-0.1, -0.05) is 264 Å². The maximum atomic E-state index is 12.8. The minimum Gasteiger partial charge on any atom is -0.462 e. The molecule has 426 valence electrons. The lowest BCUT2D eigenvalue weighted by Gasteiger charge is -2.18. The number of hydrogen-bond acceptors (Lipinski definition) is 6. The number of hydrogen-bond donors (Lipinski definition) is 0. The van der Waals surface area contributed by atoms with E-state index in [2.05, 4.69) is 142 Å². The number of esters is 3. The van der Waals surface area contributed by atoms with Gasteiger partial charge in [-0.25, -0.2) is 0 Å². The zero-order valence-corrected chi connectivity index (χ0v) is 48.8. The Kier molecular flexibility index (Phi) is 58.9. The first-order chi connectivity index (χ1) is 37.0. The van der Waals surface area contributed by atoms with Crippen LogP contribution in [0.2, 0.25) is 0 Å². The molecule has 0 aliphatic carbocycles. The third-order valence-corrected chi connectivity index (χ3v) is 13.0. The van der Waals surface area contributed by atoms with E-state index >= 15 is 0 Å². The van der Waals surface area contributed by atoms with Crippen molar-refractivity contribution in [2.45, 2.75) is 284 Å². The molecule has 0 saturated heterocycles. The summed E-state index contributed by atoms with van der Waals surface area (Å²) >= 11 is 0. The molecule has 0 fully saturated rings. The van der Waals surface area contributed by atoms with E-state index in [1.807, 2.05) is 0 Å². The molecule has 0 aromatic rings. The molecule has 6 nitrogen and oxygen atoms in total. The monoisotopic (exact) mass is 1040 g/mol. The Bertz CT molecular complexity index is 1570. The molecule has 0 rings (SSSR count). The number of carbonyl (C=O) groups is 3. The van der Waals surface area contributed by atoms with Crippen molar-refractivity contribution in [1.82, 2.24) is 0 Å². The molecule has 1 unspecified atom stereocenters. The first-order valence-electron chi connectivity index (χ1n) is 31.0. The molecule has 0 bridgehead atoms. The fourth-order valence-corrected chi connectivity index (χ4v) is 8.31. The van der Waals surface area contributed by atoms with E-state index in [1.54, 1.807) is 0 Å². The molecule has 75 heavy (non-hydrogen) atoms. The molecule has 0 amide bonds. The molecule has 0 radical (unpaired) electrons. The van der Waals surface area contributed by atoms with Crippen LogP contribution in [-0.4, -0.2) is 37.2 Å². The molecule has 0 saturated carbocycles. The van der Waals surface area contributed by atoms with Crippen molar-refractivity contribution in [2.24, 2.45) is 0 Å². The molecule has 0 heterocycles. The molecular weight excluding hydrogens is 925 g/mol. The van der Waals surface area contributed by atoms with Crippen molar-refractivity contribution in [3.8, 4) is 0 Å². The Morgan fingerprint density at radius 1 is 0.280 bits per heavy atom. The van der Waals surface area contributed by atoms with Crippen LogP contribution < -0.4 is 0 Å². The molecule has 0 spiro atoms. The van der Waals surface area contributed by atoms with Crippen LogP contribution in [0, 0.1) is 0 Å². The average molecular weight is 1040 g/mol. The third-order valence-electron chi connectivity index (χ3n) is 13.0. The van der Waals surface area contributed by atoms with Gasteiger partial charge in [-0.15, -0.1) is 0 Å². The van der Waals surface area contributed by atoms with Gasteiger partial charge in [0, 0.05) is 19.3 Å². The number of unbranched alkanes of at least 4 members (excludes halogenated alkanes) is 24. The highest BCUT2D eigenvalue weighted by atomic mass is 16.6. The zero-order valence-electron chi connectivity index (χ0n) is 48.8. The second-order valence-corrected chi connectivity index (χ2v) is 20.2. The second-order valence-electron chi connectivity index (χ2n) is 20.2. The lowest BCUT2D eigenvalue weighted by Crippen LogP contribution is -2.30. The van der Waals surface area contributed by atoms with Gasteiger partial charge in [-0.05, 0) is 116 Å². The highest BCUT2D eigenvalue weighted by Gasteiger charge is 2.19. The van der Waals surface area contributed by atoms with E-state index < -0.39 is 6.10 Å². The van der Waals surface area contributed by atoms with Crippen molar-refractivity contribution in [1.29, 1.82) is 0 Å². The number of allylic oxidation sites excluding steroid dienone is 20. The van der Waals surface area contributed by atoms with E-state index in [-0.39, 0.29) is 31.1 Å². The smallest absolute Gasteiger partial charge is 0.306 e. The van der Waals surface area contributed by atoms with Gasteiger partial charge in [0.05, 0.1) is 0 Å². The van der Waals surface area contributed by atoms with Crippen LogP contribution in [0.25, 0.3) is 0 Å². The molecule has 0 aliphatic heterocycles. The molecule has 6 heteroatoms. The fourth-order valence-electron chi connectivity index (χ4n) is 8.31. The maximum absolute atomic E-state index is 12.8. The van der Waals surface area contributed by atoms with Gasteiger partial charge in [0.2, 0.25) is 0 Å². The predicted molar refractivity (Wildman–Crippen MR) is 325 cm³/mol. The van der Waals surface area contributed by atoms with Gasteiger partial charge in [-0.3, -0.25) is 14.4 Å². The van der Waals surface area contributed by atoms with Crippen LogP contribution in [0.5, 0.6) is 0 Å². The Labute approximate surface area is 462 Å². The molecule has 1 atom stereocenters. The molecule has 0 aliphatic rings. The largest absolute Gasteiger partial charge is 0.462 e. The van der Waals surface area contributed by atoms with Crippen LogP contribution in [-0.2, 0) is 28.6 Å². The highest BCUT2D eigenvalue weighted by molar-refractivity contribution is 5.71. The summed E-state index contributed by atoms with van der Waals surface area (Å²) in [5.74, 6) is -0.930. The van der Waals surface area contributed by atoms with Crippen molar-refractivity contribution in [3.63, 3.8) is 0 Å². The van der Waals surface area contributed by atoms with Crippen molar-refractivity contribution < 1.29 is 28.6 Å². The summed E-state index contributed by atoms with van der Waals surface area (Å²) in [6.45, 7) is 6.41. The zero-order chi connectivity index (χ0) is 54.3. The van der Waals surface area contributed by atoms with Gasteiger partial charge in [0.25, 0.3) is 0 Å². The average Bonchev–Trinajstić information content (AvgIpc) is 3.41. The summed E-state index contributed by atoms with van der Waals surface area (Å²) < 4.78 is 16.7. The quantitative estimate of drug-likeness (QED) is 0.0261. The molecule has 0 aromatic heterocycles. The van der Waals surface area contributed by atoms with Crippen LogP contribution in [0.15, 0.2) is 122 Å². The summed E-state index contributed by atoms with van der Waals surface area (Å²) in [6, 6.07) is 0. The van der Waals surface area contributed by atoms with Crippen LogP contribution in [0.3, 0.4) is 0 Å². The highest BCUT2D eigenvalue weighted by Crippen LogP contribution is 2.15. The van der Waals surface area contributed by atoms with Crippen LogP contribution in [0.4, 0.5) is 0 Å². The Morgan fingerprint density at radius 3 is 0.813 bits per heavy atom. The van der Waals surface area contributed by atoms with E-state index in [9.17, 15) is 14.4 Å².